The topological polar surface area (TPSA) is 109 Å². The Kier molecular flexibility index (Phi) is 4.95. The quantitative estimate of drug-likeness (QED) is 0.853. The van der Waals surface area contributed by atoms with Gasteiger partial charge < -0.3 is 0 Å². The van der Waals surface area contributed by atoms with Crippen molar-refractivity contribution in [2.75, 3.05) is 0 Å². The van der Waals surface area contributed by atoms with E-state index in [9.17, 15) is 21.6 Å². The summed E-state index contributed by atoms with van der Waals surface area (Å²) in [7, 11) is -8.33. The van der Waals surface area contributed by atoms with Crippen molar-refractivity contribution in [3.63, 3.8) is 0 Å². The summed E-state index contributed by atoms with van der Waals surface area (Å²) in [6.07, 6.45) is 0. The van der Waals surface area contributed by atoms with Crippen molar-refractivity contribution in [3.8, 4) is 0 Å². The number of sulfonamides is 2. The van der Waals surface area contributed by atoms with Crippen LogP contribution < -0.4 is 9.44 Å². The molecule has 128 valence electrons. The number of hydrogen-bond donors (Lipinski definition) is 2. The van der Waals surface area contributed by atoms with Crippen molar-refractivity contribution in [2.24, 2.45) is 0 Å². The summed E-state index contributed by atoms with van der Waals surface area (Å²) in [5.74, 6) is 0. The molecule has 7 nitrogen and oxygen atoms in total. The van der Waals surface area contributed by atoms with Crippen LogP contribution in [0.1, 0.15) is 11.1 Å². The number of carbonyl (C=O) groups is 1. The summed E-state index contributed by atoms with van der Waals surface area (Å²) in [6.45, 7) is 3.56. The minimum Gasteiger partial charge on any atom is -0.247 e. The van der Waals surface area contributed by atoms with Gasteiger partial charge in [-0.25, -0.2) is 31.1 Å². The first-order chi connectivity index (χ1) is 11.1. The van der Waals surface area contributed by atoms with Gasteiger partial charge >= 0.3 is 6.03 Å². The highest BCUT2D eigenvalue weighted by Gasteiger charge is 2.22. The monoisotopic (exact) mass is 368 g/mol. The maximum absolute atomic E-state index is 12.1. The van der Waals surface area contributed by atoms with Crippen LogP contribution in [0.15, 0.2) is 58.3 Å². The molecule has 0 aliphatic carbocycles. The fourth-order valence-corrected chi connectivity index (χ4v) is 3.70. The van der Waals surface area contributed by atoms with Crippen LogP contribution in [0.5, 0.6) is 0 Å². The van der Waals surface area contributed by atoms with Crippen LogP contribution in [-0.4, -0.2) is 22.9 Å². The van der Waals surface area contributed by atoms with Crippen molar-refractivity contribution in [1.29, 1.82) is 0 Å². The Morgan fingerprint density at radius 2 is 0.958 bits per heavy atom. The summed E-state index contributed by atoms with van der Waals surface area (Å²) in [5.41, 5.74) is 1.70. The molecule has 0 fully saturated rings. The molecule has 24 heavy (non-hydrogen) atoms. The van der Waals surface area contributed by atoms with E-state index in [1.807, 2.05) is 0 Å². The van der Waals surface area contributed by atoms with Gasteiger partial charge in [0.1, 0.15) is 0 Å². The highest BCUT2D eigenvalue weighted by molar-refractivity contribution is 7.91. The molecule has 0 radical (unpaired) electrons. The third kappa shape index (κ3) is 4.33. The average Bonchev–Trinajstić information content (AvgIpc) is 2.46. The van der Waals surface area contributed by atoms with Gasteiger partial charge in [-0.2, -0.15) is 0 Å². The lowest BCUT2D eigenvalue weighted by atomic mass is 10.2. The molecular weight excluding hydrogens is 352 g/mol. The Hall–Kier alpha value is -2.39. The van der Waals surface area contributed by atoms with E-state index in [2.05, 4.69) is 0 Å². The first-order valence-corrected chi connectivity index (χ1v) is 9.80. The Bertz CT molecular complexity index is 868. The number of rotatable bonds is 4. The first kappa shape index (κ1) is 18.0. The third-order valence-corrected chi connectivity index (χ3v) is 5.81. The molecule has 0 atom stereocenters. The largest absolute Gasteiger partial charge is 0.342 e. The lowest BCUT2D eigenvalue weighted by Crippen LogP contribution is -2.42. The number of urea groups is 1. The second-order valence-electron chi connectivity index (χ2n) is 5.17. The second kappa shape index (κ2) is 6.62. The van der Waals surface area contributed by atoms with E-state index in [-0.39, 0.29) is 9.79 Å². The Morgan fingerprint density at radius 3 is 1.25 bits per heavy atom. The van der Waals surface area contributed by atoms with Crippen molar-refractivity contribution in [3.05, 3.63) is 59.7 Å². The minimum atomic E-state index is -4.16. The SMILES string of the molecule is Cc1ccc(S(=O)(=O)NC(=O)NS(=O)(=O)c2ccc(C)cc2)cc1. The van der Waals surface area contributed by atoms with Crippen LogP contribution in [0.2, 0.25) is 0 Å². The Morgan fingerprint density at radius 1 is 0.667 bits per heavy atom. The third-order valence-electron chi connectivity index (χ3n) is 3.12. The number of aryl methyl sites for hydroxylation is 2. The fourth-order valence-electron chi connectivity index (χ4n) is 1.82. The smallest absolute Gasteiger partial charge is 0.247 e. The summed E-state index contributed by atoms with van der Waals surface area (Å²) >= 11 is 0. The molecule has 0 bridgehead atoms. The van der Waals surface area contributed by atoms with E-state index in [4.69, 9.17) is 0 Å². The average molecular weight is 368 g/mol. The zero-order valence-corrected chi connectivity index (χ0v) is 14.6. The molecular formula is C15H16N2O5S2. The highest BCUT2D eigenvalue weighted by Crippen LogP contribution is 2.11. The van der Waals surface area contributed by atoms with E-state index in [0.717, 1.165) is 11.1 Å². The number of benzene rings is 2. The first-order valence-electron chi connectivity index (χ1n) is 6.83. The fraction of sp³-hybridized carbons (Fsp3) is 0.133. The van der Waals surface area contributed by atoms with Crippen molar-refractivity contribution >= 4 is 26.1 Å². The molecule has 0 aromatic heterocycles. The van der Waals surface area contributed by atoms with Gasteiger partial charge in [-0.1, -0.05) is 35.4 Å². The lowest BCUT2D eigenvalue weighted by molar-refractivity contribution is 0.250. The highest BCUT2D eigenvalue weighted by atomic mass is 32.2. The molecule has 0 spiro atoms. The van der Waals surface area contributed by atoms with Crippen LogP contribution in [0, 0.1) is 13.8 Å². The Balaban J connectivity index is 2.15. The number of amides is 2. The molecule has 0 aliphatic rings. The lowest BCUT2D eigenvalue weighted by Gasteiger charge is -2.09. The maximum Gasteiger partial charge on any atom is 0.342 e. The van der Waals surface area contributed by atoms with E-state index >= 15 is 0 Å². The van der Waals surface area contributed by atoms with Crippen molar-refractivity contribution in [1.82, 2.24) is 9.44 Å². The standard InChI is InChI=1S/C15H16N2O5S2/c1-11-3-7-13(8-4-11)23(19,20)16-15(18)17-24(21,22)14-9-5-12(2)6-10-14/h3-10H,1-2H3,(H2,16,17,18). The number of carbonyl (C=O) groups excluding carboxylic acids is 1. The van der Waals surface area contributed by atoms with E-state index < -0.39 is 26.1 Å². The molecule has 2 aromatic carbocycles. The van der Waals surface area contributed by atoms with Crippen LogP contribution in [-0.2, 0) is 20.0 Å². The van der Waals surface area contributed by atoms with Crippen LogP contribution >= 0.6 is 0 Å². The van der Waals surface area contributed by atoms with Gasteiger partial charge in [0.15, 0.2) is 0 Å². The van der Waals surface area contributed by atoms with Crippen LogP contribution in [0.3, 0.4) is 0 Å². The van der Waals surface area contributed by atoms with Gasteiger partial charge in [0.2, 0.25) is 0 Å². The van der Waals surface area contributed by atoms with E-state index in [1.165, 1.54) is 24.3 Å². The van der Waals surface area contributed by atoms with Gasteiger partial charge in [0.05, 0.1) is 9.79 Å². The number of nitrogens with one attached hydrogen (secondary N) is 2. The van der Waals surface area contributed by atoms with Gasteiger partial charge in [0.25, 0.3) is 20.0 Å². The van der Waals surface area contributed by atoms with E-state index in [0.29, 0.717) is 0 Å². The second-order valence-corrected chi connectivity index (χ2v) is 8.53. The molecule has 0 aliphatic heterocycles. The van der Waals surface area contributed by atoms with Crippen LogP contribution in [0.25, 0.3) is 0 Å². The minimum absolute atomic E-state index is 0.143. The molecule has 9 heteroatoms. The van der Waals surface area contributed by atoms with Gasteiger partial charge in [-0.3, -0.25) is 0 Å². The van der Waals surface area contributed by atoms with Gasteiger partial charge in [0, 0.05) is 0 Å². The summed E-state index contributed by atoms with van der Waals surface area (Å²) in [4.78, 5) is 11.5. The molecule has 0 saturated heterocycles. The van der Waals surface area contributed by atoms with Crippen LogP contribution in [0.4, 0.5) is 4.79 Å². The molecule has 0 heterocycles. The summed E-state index contributed by atoms with van der Waals surface area (Å²) in [5, 5.41) is 0. The Labute approximate surface area is 140 Å². The number of hydrogen-bond acceptors (Lipinski definition) is 5. The zero-order chi connectivity index (χ0) is 18.0. The summed E-state index contributed by atoms with van der Waals surface area (Å²) < 4.78 is 51.6. The summed E-state index contributed by atoms with van der Waals surface area (Å²) in [6, 6.07) is 10.2. The maximum atomic E-state index is 12.1. The predicted octanol–water partition coefficient (Wildman–Crippen LogP) is 1.68. The normalized spacial score (nSPS) is 11.8. The molecule has 2 amide bonds. The molecule has 0 saturated carbocycles. The molecule has 2 rings (SSSR count). The van der Waals surface area contributed by atoms with Gasteiger partial charge in [-0.05, 0) is 38.1 Å². The van der Waals surface area contributed by atoms with Gasteiger partial charge in [-0.15, -0.1) is 0 Å². The molecule has 2 aromatic rings. The van der Waals surface area contributed by atoms with E-state index in [1.54, 1.807) is 47.6 Å². The molecule has 0 unspecified atom stereocenters. The zero-order valence-electron chi connectivity index (χ0n) is 13.0. The predicted molar refractivity (Wildman–Crippen MR) is 88.4 cm³/mol. The van der Waals surface area contributed by atoms with Crippen molar-refractivity contribution in [2.45, 2.75) is 23.6 Å². The van der Waals surface area contributed by atoms with Crippen molar-refractivity contribution < 1.29 is 21.6 Å². The molecule has 2 N–H and O–H groups in total.